The topological polar surface area (TPSA) is 46.9 Å². The highest BCUT2D eigenvalue weighted by Crippen LogP contribution is 2.25. The van der Waals surface area contributed by atoms with Gasteiger partial charge < -0.3 is 10.2 Å². The van der Waals surface area contributed by atoms with Crippen LogP contribution in [-0.4, -0.2) is 52.3 Å². The van der Waals surface area contributed by atoms with E-state index in [2.05, 4.69) is 9.80 Å². The second kappa shape index (κ2) is 8.82. The molecule has 140 valence electrons. The highest BCUT2D eigenvalue weighted by molar-refractivity contribution is 6.32. The van der Waals surface area contributed by atoms with Gasteiger partial charge in [-0.25, -0.2) is 4.39 Å². The molecule has 0 spiro atoms. The third-order valence-corrected chi connectivity index (χ3v) is 5.20. The van der Waals surface area contributed by atoms with E-state index < -0.39 is 0 Å². The molecule has 0 saturated carbocycles. The van der Waals surface area contributed by atoms with Gasteiger partial charge in [0.1, 0.15) is 11.6 Å². The summed E-state index contributed by atoms with van der Waals surface area (Å²) in [5, 5.41) is 19.3. The molecule has 1 atom stereocenters. The van der Waals surface area contributed by atoms with Crippen molar-refractivity contribution in [2.24, 2.45) is 0 Å². The van der Waals surface area contributed by atoms with Crippen LogP contribution in [-0.2, 0) is 13.1 Å². The normalized spacial score (nSPS) is 19.0. The summed E-state index contributed by atoms with van der Waals surface area (Å²) in [6.07, 6.45) is 0.654. The van der Waals surface area contributed by atoms with E-state index in [9.17, 15) is 14.6 Å². The lowest BCUT2D eigenvalue weighted by Gasteiger charge is -2.41. The molecule has 1 fully saturated rings. The van der Waals surface area contributed by atoms with E-state index in [0.717, 1.165) is 31.7 Å². The summed E-state index contributed by atoms with van der Waals surface area (Å²) in [5.41, 5.74) is 1.73. The lowest BCUT2D eigenvalue weighted by atomic mass is 10.1. The zero-order chi connectivity index (χ0) is 18.5. The number of nitrogens with zero attached hydrogens (tertiary/aromatic N) is 2. The highest BCUT2D eigenvalue weighted by Gasteiger charge is 2.27. The Morgan fingerprint density at radius 1 is 1.12 bits per heavy atom. The predicted octanol–water partition coefficient (Wildman–Crippen LogP) is 3.25. The Balaban J connectivity index is 1.65. The molecule has 0 radical (unpaired) electrons. The number of aromatic hydroxyl groups is 1. The summed E-state index contributed by atoms with van der Waals surface area (Å²) < 4.78 is 14.0. The summed E-state index contributed by atoms with van der Waals surface area (Å²) in [6.45, 7) is 3.86. The Morgan fingerprint density at radius 3 is 2.65 bits per heavy atom. The van der Waals surface area contributed by atoms with Gasteiger partial charge in [-0.15, -0.1) is 0 Å². The fourth-order valence-electron chi connectivity index (χ4n) is 3.48. The Hall–Kier alpha value is -1.66. The van der Waals surface area contributed by atoms with Crippen LogP contribution in [0.25, 0.3) is 0 Å². The third-order valence-electron chi connectivity index (χ3n) is 4.90. The maximum atomic E-state index is 14.0. The number of aliphatic hydroxyl groups excluding tert-OH is 1. The van der Waals surface area contributed by atoms with Crippen LogP contribution in [0, 0.1) is 5.82 Å². The number of halogens is 2. The zero-order valence-electron chi connectivity index (χ0n) is 14.6. The molecule has 0 aromatic heterocycles. The van der Waals surface area contributed by atoms with Crippen LogP contribution in [0.1, 0.15) is 17.5 Å². The molecule has 2 aromatic rings. The van der Waals surface area contributed by atoms with E-state index in [0.29, 0.717) is 23.6 Å². The minimum atomic E-state index is -0.184. The van der Waals surface area contributed by atoms with E-state index in [1.165, 1.54) is 6.07 Å². The van der Waals surface area contributed by atoms with E-state index in [1.54, 1.807) is 18.2 Å². The lowest BCUT2D eigenvalue weighted by molar-refractivity contribution is 0.0493. The maximum Gasteiger partial charge on any atom is 0.134 e. The number of hydrogen-bond donors (Lipinski definition) is 2. The molecule has 4 nitrogen and oxygen atoms in total. The summed E-state index contributed by atoms with van der Waals surface area (Å²) >= 11 is 5.99. The zero-order valence-corrected chi connectivity index (χ0v) is 15.4. The van der Waals surface area contributed by atoms with E-state index in [-0.39, 0.29) is 24.2 Å². The predicted molar refractivity (Wildman–Crippen MR) is 101 cm³/mol. The highest BCUT2D eigenvalue weighted by atomic mass is 35.5. The van der Waals surface area contributed by atoms with Crippen molar-refractivity contribution in [3.8, 4) is 5.75 Å². The first-order chi connectivity index (χ1) is 12.6. The molecule has 6 heteroatoms. The first-order valence-electron chi connectivity index (χ1n) is 8.85. The lowest BCUT2D eigenvalue weighted by Crippen LogP contribution is -2.52. The number of piperazine rings is 1. The van der Waals surface area contributed by atoms with Crippen LogP contribution in [0.5, 0.6) is 5.75 Å². The minimum Gasteiger partial charge on any atom is -0.506 e. The molecular formula is C20H24ClFN2O2. The first-order valence-corrected chi connectivity index (χ1v) is 9.22. The van der Waals surface area contributed by atoms with Gasteiger partial charge in [-0.1, -0.05) is 35.9 Å². The van der Waals surface area contributed by atoms with Gasteiger partial charge in [-0.2, -0.15) is 0 Å². The molecule has 0 unspecified atom stereocenters. The van der Waals surface area contributed by atoms with Gasteiger partial charge in [-0.05, 0) is 30.2 Å². The van der Waals surface area contributed by atoms with Crippen molar-refractivity contribution in [1.29, 1.82) is 0 Å². The van der Waals surface area contributed by atoms with Gasteiger partial charge >= 0.3 is 0 Å². The first kappa shape index (κ1) is 19.1. The summed E-state index contributed by atoms with van der Waals surface area (Å²) in [7, 11) is 0. The maximum absolute atomic E-state index is 14.0. The number of rotatable bonds is 6. The average Bonchev–Trinajstić information content (AvgIpc) is 2.62. The smallest absolute Gasteiger partial charge is 0.134 e. The van der Waals surface area contributed by atoms with E-state index in [1.807, 2.05) is 18.2 Å². The Bertz CT molecular complexity index is 744. The van der Waals surface area contributed by atoms with Gasteiger partial charge in [0, 0.05) is 50.9 Å². The molecule has 0 aliphatic carbocycles. The molecule has 2 aromatic carbocycles. The standard InChI is InChI=1S/C20H24ClFN2O2/c21-18-11-15(5-6-20(18)26)12-23-8-9-24(17(14-23)7-10-25)13-16-3-1-2-4-19(16)22/h1-6,11,17,25-26H,7-10,12-14H2/t17-/m1/s1. The largest absolute Gasteiger partial charge is 0.506 e. The van der Waals surface area contributed by atoms with Gasteiger partial charge in [0.15, 0.2) is 0 Å². The fraction of sp³-hybridized carbons (Fsp3) is 0.400. The monoisotopic (exact) mass is 378 g/mol. The second-order valence-electron chi connectivity index (χ2n) is 6.75. The van der Waals surface area contributed by atoms with Crippen LogP contribution in [0.3, 0.4) is 0 Å². The molecular weight excluding hydrogens is 355 g/mol. The van der Waals surface area contributed by atoms with Crippen molar-refractivity contribution in [3.63, 3.8) is 0 Å². The number of phenols is 1. The number of hydrogen-bond acceptors (Lipinski definition) is 4. The number of benzene rings is 2. The Labute approximate surface area is 158 Å². The van der Waals surface area contributed by atoms with Crippen molar-refractivity contribution in [3.05, 3.63) is 64.4 Å². The van der Waals surface area contributed by atoms with E-state index in [4.69, 9.17) is 11.6 Å². The van der Waals surface area contributed by atoms with Crippen molar-refractivity contribution in [2.75, 3.05) is 26.2 Å². The molecule has 1 saturated heterocycles. The number of aliphatic hydroxyl groups is 1. The van der Waals surface area contributed by atoms with Crippen molar-refractivity contribution in [2.45, 2.75) is 25.6 Å². The van der Waals surface area contributed by atoms with Crippen molar-refractivity contribution < 1.29 is 14.6 Å². The number of phenolic OH excluding ortho intramolecular Hbond substituents is 1. The van der Waals surface area contributed by atoms with Gasteiger partial charge in [0.25, 0.3) is 0 Å². The SMILES string of the molecule is OCC[C@@H]1CN(Cc2ccc(O)c(Cl)c2)CCN1Cc1ccccc1F. The fourth-order valence-corrected chi connectivity index (χ4v) is 3.69. The van der Waals surface area contributed by atoms with Crippen molar-refractivity contribution >= 4 is 11.6 Å². The molecule has 0 bridgehead atoms. The molecule has 1 aliphatic heterocycles. The van der Waals surface area contributed by atoms with Crippen LogP contribution < -0.4 is 0 Å². The average molecular weight is 379 g/mol. The molecule has 1 heterocycles. The molecule has 1 aliphatic rings. The third kappa shape index (κ3) is 4.74. The van der Waals surface area contributed by atoms with Gasteiger partial charge in [0.2, 0.25) is 0 Å². The molecule has 26 heavy (non-hydrogen) atoms. The molecule has 0 amide bonds. The molecule has 3 rings (SSSR count). The van der Waals surface area contributed by atoms with Crippen LogP contribution in [0.15, 0.2) is 42.5 Å². The second-order valence-corrected chi connectivity index (χ2v) is 7.16. The quantitative estimate of drug-likeness (QED) is 0.810. The molecule has 2 N–H and O–H groups in total. The van der Waals surface area contributed by atoms with E-state index >= 15 is 0 Å². The van der Waals surface area contributed by atoms with Gasteiger partial charge in [-0.3, -0.25) is 9.80 Å². The minimum absolute atomic E-state index is 0.0864. The Morgan fingerprint density at radius 2 is 1.92 bits per heavy atom. The van der Waals surface area contributed by atoms with Gasteiger partial charge in [0.05, 0.1) is 5.02 Å². The summed E-state index contributed by atoms with van der Waals surface area (Å²) in [5.74, 6) is -0.0975. The van der Waals surface area contributed by atoms with Crippen LogP contribution in [0.4, 0.5) is 4.39 Å². The summed E-state index contributed by atoms with van der Waals surface area (Å²) in [6, 6.07) is 12.3. The summed E-state index contributed by atoms with van der Waals surface area (Å²) in [4.78, 5) is 4.55. The van der Waals surface area contributed by atoms with Crippen LogP contribution >= 0.6 is 11.6 Å². The van der Waals surface area contributed by atoms with Crippen LogP contribution in [0.2, 0.25) is 5.02 Å². The Kier molecular flexibility index (Phi) is 6.48. The van der Waals surface area contributed by atoms with Crippen molar-refractivity contribution in [1.82, 2.24) is 9.80 Å².